The number of rotatable bonds is 6. The first kappa shape index (κ1) is 13.0. The summed E-state index contributed by atoms with van der Waals surface area (Å²) in [5.74, 6) is 0.947. The predicted octanol–water partition coefficient (Wildman–Crippen LogP) is 0.00600. The maximum atomic E-state index is 11.6. The van der Waals surface area contributed by atoms with Gasteiger partial charge < -0.3 is 15.2 Å². The molecule has 2 N–H and O–H groups in total. The highest BCUT2D eigenvalue weighted by molar-refractivity contribution is 5.77. The molecule has 0 aliphatic heterocycles. The van der Waals surface area contributed by atoms with Gasteiger partial charge in [-0.25, -0.2) is 0 Å². The molecule has 0 radical (unpaired) electrons. The van der Waals surface area contributed by atoms with Gasteiger partial charge in [-0.2, -0.15) is 0 Å². The van der Waals surface area contributed by atoms with Gasteiger partial charge in [0.2, 0.25) is 5.91 Å². The Bertz CT molecular complexity index is 384. The van der Waals surface area contributed by atoms with Crippen LogP contribution < -0.4 is 10.6 Å². The van der Waals surface area contributed by atoms with E-state index in [-0.39, 0.29) is 5.91 Å². The Morgan fingerprint density at radius 3 is 2.94 bits per heavy atom. The molecule has 0 aromatic carbocycles. The van der Waals surface area contributed by atoms with Crippen LogP contribution in [0.15, 0.2) is 6.33 Å². The number of carbonyl (C=O) groups is 1. The van der Waals surface area contributed by atoms with E-state index in [2.05, 4.69) is 20.8 Å². The van der Waals surface area contributed by atoms with Crippen molar-refractivity contribution in [3.63, 3.8) is 0 Å². The van der Waals surface area contributed by atoms with Crippen molar-refractivity contribution >= 4 is 5.91 Å². The summed E-state index contributed by atoms with van der Waals surface area (Å²) in [6.07, 6.45) is 7.35. The van der Waals surface area contributed by atoms with Crippen LogP contribution in [0.2, 0.25) is 0 Å². The van der Waals surface area contributed by atoms with Crippen LogP contribution >= 0.6 is 0 Å². The van der Waals surface area contributed by atoms with Gasteiger partial charge >= 0.3 is 0 Å². The topological polar surface area (TPSA) is 71.8 Å². The Kier molecular flexibility index (Phi) is 4.69. The normalized spacial score (nSPS) is 16.1. The largest absolute Gasteiger partial charge is 0.355 e. The molecular formula is C12H21N5O. The molecule has 0 spiro atoms. The van der Waals surface area contributed by atoms with Crippen LogP contribution in [0.25, 0.3) is 0 Å². The van der Waals surface area contributed by atoms with Crippen LogP contribution in [0.1, 0.15) is 31.5 Å². The van der Waals surface area contributed by atoms with Crippen LogP contribution in [-0.2, 0) is 18.3 Å². The number of nitrogens with one attached hydrogen (secondary N) is 2. The quantitative estimate of drug-likeness (QED) is 0.747. The first-order valence-corrected chi connectivity index (χ1v) is 6.58. The van der Waals surface area contributed by atoms with Crippen LogP contribution in [0.4, 0.5) is 0 Å². The van der Waals surface area contributed by atoms with E-state index in [4.69, 9.17) is 0 Å². The molecule has 1 amide bonds. The van der Waals surface area contributed by atoms with Gasteiger partial charge in [-0.3, -0.25) is 4.79 Å². The van der Waals surface area contributed by atoms with E-state index in [1.54, 1.807) is 6.33 Å². The molecule has 1 aromatic rings. The van der Waals surface area contributed by atoms with Crippen molar-refractivity contribution in [3.8, 4) is 0 Å². The minimum atomic E-state index is 0.0593. The van der Waals surface area contributed by atoms with Gasteiger partial charge in [-0.05, 0) is 12.8 Å². The van der Waals surface area contributed by atoms with Gasteiger partial charge in [-0.1, -0.05) is 12.8 Å². The van der Waals surface area contributed by atoms with Crippen molar-refractivity contribution < 1.29 is 4.79 Å². The van der Waals surface area contributed by atoms with Gasteiger partial charge in [-0.15, -0.1) is 10.2 Å². The molecule has 0 bridgehead atoms. The average molecular weight is 251 g/mol. The summed E-state index contributed by atoms with van der Waals surface area (Å²) < 4.78 is 1.86. The fourth-order valence-electron chi connectivity index (χ4n) is 2.28. The van der Waals surface area contributed by atoms with Crippen molar-refractivity contribution in [1.82, 2.24) is 25.4 Å². The zero-order chi connectivity index (χ0) is 12.8. The van der Waals surface area contributed by atoms with Gasteiger partial charge in [0.1, 0.15) is 12.2 Å². The second kappa shape index (κ2) is 6.49. The van der Waals surface area contributed by atoms with E-state index >= 15 is 0 Å². The summed E-state index contributed by atoms with van der Waals surface area (Å²) >= 11 is 0. The van der Waals surface area contributed by atoms with E-state index < -0.39 is 0 Å². The number of amides is 1. The Balaban J connectivity index is 1.58. The first-order chi connectivity index (χ1) is 8.75. The Morgan fingerprint density at radius 1 is 1.50 bits per heavy atom. The standard InChI is InChI=1S/C12H21N5O/c1-17-9-15-16-11(17)6-7-13-12(18)8-14-10-4-2-3-5-10/h9-10,14H,2-8H2,1H3,(H,13,18). The van der Waals surface area contributed by atoms with Crippen LogP contribution in [0.3, 0.4) is 0 Å². The SMILES string of the molecule is Cn1cnnc1CCNC(=O)CNC1CCCC1. The third-order valence-corrected chi connectivity index (χ3v) is 3.38. The molecule has 2 rings (SSSR count). The molecule has 0 saturated heterocycles. The molecule has 1 saturated carbocycles. The van der Waals surface area contributed by atoms with Crippen molar-refractivity contribution in [1.29, 1.82) is 0 Å². The molecule has 1 aromatic heterocycles. The molecule has 6 heteroatoms. The highest BCUT2D eigenvalue weighted by atomic mass is 16.1. The monoisotopic (exact) mass is 251 g/mol. The lowest BCUT2D eigenvalue weighted by Crippen LogP contribution is -2.38. The summed E-state index contributed by atoms with van der Waals surface area (Å²) in [6.45, 7) is 1.03. The van der Waals surface area contributed by atoms with Crippen LogP contribution in [-0.4, -0.2) is 39.8 Å². The Hall–Kier alpha value is -1.43. The summed E-state index contributed by atoms with van der Waals surface area (Å²) in [6, 6.07) is 0.537. The Morgan fingerprint density at radius 2 is 2.28 bits per heavy atom. The maximum absolute atomic E-state index is 11.6. The summed E-state index contributed by atoms with van der Waals surface area (Å²) in [5.41, 5.74) is 0. The highest BCUT2D eigenvalue weighted by Gasteiger charge is 2.15. The third-order valence-electron chi connectivity index (χ3n) is 3.38. The molecule has 18 heavy (non-hydrogen) atoms. The minimum Gasteiger partial charge on any atom is -0.355 e. The maximum Gasteiger partial charge on any atom is 0.233 e. The zero-order valence-corrected chi connectivity index (χ0v) is 10.9. The number of aromatic nitrogens is 3. The average Bonchev–Trinajstić information content (AvgIpc) is 2.99. The molecular weight excluding hydrogens is 230 g/mol. The lowest BCUT2D eigenvalue weighted by Gasteiger charge is -2.11. The van der Waals surface area contributed by atoms with Crippen molar-refractivity contribution in [2.75, 3.05) is 13.1 Å². The fraction of sp³-hybridized carbons (Fsp3) is 0.750. The van der Waals surface area contributed by atoms with Crippen molar-refractivity contribution in [3.05, 3.63) is 12.2 Å². The number of hydrogen-bond donors (Lipinski definition) is 2. The molecule has 1 heterocycles. The smallest absolute Gasteiger partial charge is 0.233 e. The molecule has 1 aliphatic carbocycles. The molecule has 0 atom stereocenters. The predicted molar refractivity (Wildman–Crippen MR) is 68.0 cm³/mol. The summed E-state index contributed by atoms with van der Waals surface area (Å²) in [7, 11) is 1.90. The van der Waals surface area contributed by atoms with Gasteiger partial charge in [0.25, 0.3) is 0 Å². The zero-order valence-electron chi connectivity index (χ0n) is 10.9. The van der Waals surface area contributed by atoms with E-state index in [0.29, 0.717) is 25.6 Å². The number of hydrogen-bond acceptors (Lipinski definition) is 4. The highest BCUT2D eigenvalue weighted by Crippen LogP contribution is 2.17. The first-order valence-electron chi connectivity index (χ1n) is 6.58. The molecule has 6 nitrogen and oxygen atoms in total. The third kappa shape index (κ3) is 3.80. The van der Waals surface area contributed by atoms with Gasteiger partial charge in [0.05, 0.1) is 6.54 Å². The van der Waals surface area contributed by atoms with Crippen molar-refractivity contribution in [2.24, 2.45) is 7.05 Å². The second-order valence-electron chi connectivity index (χ2n) is 4.82. The van der Waals surface area contributed by atoms with E-state index in [0.717, 1.165) is 5.82 Å². The van der Waals surface area contributed by atoms with E-state index in [9.17, 15) is 4.79 Å². The van der Waals surface area contributed by atoms with Gasteiger partial charge in [0.15, 0.2) is 0 Å². The number of carbonyl (C=O) groups excluding carboxylic acids is 1. The fourth-order valence-corrected chi connectivity index (χ4v) is 2.28. The number of nitrogens with zero attached hydrogens (tertiary/aromatic N) is 3. The molecule has 0 unspecified atom stereocenters. The molecule has 1 fully saturated rings. The van der Waals surface area contributed by atoms with Gasteiger partial charge in [0, 0.05) is 26.1 Å². The number of aryl methyl sites for hydroxylation is 1. The van der Waals surface area contributed by atoms with Crippen LogP contribution in [0.5, 0.6) is 0 Å². The lowest BCUT2D eigenvalue weighted by molar-refractivity contribution is -0.120. The van der Waals surface area contributed by atoms with Crippen molar-refractivity contribution in [2.45, 2.75) is 38.1 Å². The lowest BCUT2D eigenvalue weighted by atomic mass is 10.2. The minimum absolute atomic E-state index is 0.0593. The van der Waals surface area contributed by atoms with E-state index in [1.165, 1.54) is 25.7 Å². The van der Waals surface area contributed by atoms with E-state index in [1.807, 2.05) is 11.6 Å². The van der Waals surface area contributed by atoms with Crippen LogP contribution in [0, 0.1) is 0 Å². The summed E-state index contributed by atoms with van der Waals surface area (Å²) in [5, 5.41) is 13.9. The molecule has 100 valence electrons. The molecule has 1 aliphatic rings. The Labute approximate surface area is 107 Å². The summed E-state index contributed by atoms with van der Waals surface area (Å²) in [4.78, 5) is 11.6. The second-order valence-corrected chi connectivity index (χ2v) is 4.82.